The molecule has 8 nitrogen and oxygen atoms in total. The van der Waals surface area contributed by atoms with Gasteiger partial charge in [0.15, 0.2) is 0 Å². The van der Waals surface area contributed by atoms with Crippen molar-refractivity contribution >= 4 is 29.2 Å². The number of pyridine rings is 1. The third kappa shape index (κ3) is 4.28. The highest BCUT2D eigenvalue weighted by molar-refractivity contribution is 6.39. The van der Waals surface area contributed by atoms with Crippen LogP contribution in [0.5, 0.6) is 0 Å². The number of nitrogens with one attached hydrogen (secondary N) is 1. The quantitative estimate of drug-likeness (QED) is 0.713. The lowest BCUT2D eigenvalue weighted by molar-refractivity contribution is -0.150. The number of amides is 3. The van der Waals surface area contributed by atoms with E-state index in [2.05, 4.69) is 10.3 Å². The lowest BCUT2D eigenvalue weighted by atomic mass is 10.00. The van der Waals surface area contributed by atoms with E-state index in [4.69, 9.17) is 5.73 Å². The summed E-state index contributed by atoms with van der Waals surface area (Å²) in [5, 5.41) is 2.57. The Morgan fingerprint density at radius 1 is 1.19 bits per heavy atom. The molecule has 1 aliphatic heterocycles. The van der Waals surface area contributed by atoms with E-state index in [1.54, 1.807) is 30.0 Å². The van der Waals surface area contributed by atoms with E-state index in [0.717, 1.165) is 12.8 Å². The number of nitrogen functional groups attached to an aromatic ring is 1. The predicted molar refractivity (Wildman–Crippen MR) is 117 cm³/mol. The summed E-state index contributed by atoms with van der Waals surface area (Å²) in [6, 6.07) is 6.86. The van der Waals surface area contributed by atoms with E-state index in [0.29, 0.717) is 29.2 Å². The minimum atomic E-state index is -0.808. The number of carbonyl (C=O) groups is 3. The van der Waals surface area contributed by atoms with Crippen molar-refractivity contribution in [3.05, 3.63) is 53.5 Å². The van der Waals surface area contributed by atoms with Crippen LogP contribution < -0.4 is 11.1 Å². The monoisotopic (exact) mass is 439 g/mol. The van der Waals surface area contributed by atoms with Crippen molar-refractivity contribution in [2.75, 3.05) is 30.7 Å². The lowest BCUT2D eigenvalue weighted by Crippen LogP contribution is -2.55. The molecule has 1 saturated heterocycles. The van der Waals surface area contributed by atoms with E-state index in [-0.39, 0.29) is 24.4 Å². The molecule has 1 atom stereocenters. The van der Waals surface area contributed by atoms with Gasteiger partial charge in [0, 0.05) is 25.0 Å². The van der Waals surface area contributed by atoms with Crippen LogP contribution in [-0.4, -0.2) is 52.1 Å². The number of nitrogens with two attached hydrogens (primary N) is 1. The summed E-state index contributed by atoms with van der Waals surface area (Å²) in [6.07, 6.45) is 3.09. The Balaban J connectivity index is 1.55. The topological polar surface area (TPSA) is 109 Å². The first-order valence-electron chi connectivity index (χ1n) is 10.6. The fourth-order valence-corrected chi connectivity index (χ4v) is 3.93. The molecule has 1 aromatic carbocycles. The fourth-order valence-electron chi connectivity index (χ4n) is 3.93. The Morgan fingerprint density at radius 3 is 2.50 bits per heavy atom. The number of carbonyl (C=O) groups excluding carboxylic acids is 3. The number of aryl methyl sites for hydroxylation is 1. The minimum Gasteiger partial charge on any atom is -0.383 e. The molecule has 0 radical (unpaired) electrons. The first kappa shape index (κ1) is 21.7. The molecular formula is C23H26FN5O3. The first-order chi connectivity index (χ1) is 15.2. The van der Waals surface area contributed by atoms with E-state index >= 15 is 0 Å². The number of anilines is 2. The average molecular weight is 439 g/mol. The number of benzene rings is 1. The molecule has 1 aliphatic carbocycles. The molecule has 1 aromatic heterocycles. The van der Waals surface area contributed by atoms with Gasteiger partial charge in [-0.2, -0.15) is 0 Å². The van der Waals surface area contributed by atoms with E-state index < -0.39 is 23.7 Å². The van der Waals surface area contributed by atoms with Gasteiger partial charge in [0.05, 0.1) is 17.9 Å². The van der Waals surface area contributed by atoms with Gasteiger partial charge in [0.1, 0.15) is 11.6 Å². The maximum Gasteiger partial charge on any atom is 0.313 e. The van der Waals surface area contributed by atoms with Crippen LogP contribution in [0.25, 0.3) is 0 Å². The SMILES string of the molecule is Cc1cc(NC(=O)C(=O)N2CCN(C(=O)C3(C)CC3)CC2c2ccc(F)cc2)cnc1N. The molecule has 0 spiro atoms. The molecular weight excluding hydrogens is 413 g/mol. The Labute approximate surface area is 185 Å². The fraction of sp³-hybridized carbons (Fsp3) is 0.391. The summed E-state index contributed by atoms with van der Waals surface area (Å²) in [5.74, 6) is -1.53. The number of rotatable bonds is 3. The molecule has 3 N–H and O–H groups in total. The van der Waals surface area contributed by atoms with Gasteiger partial charge in [-0.3, -0.25) is 14.4 Å². The molecule has 1 saturated carbocycles. The van der Waals surface area contributed by atoms with Gasteiger partial charge in [-0.25, -0.2) is 9.37 Å². The van der Waals surface area contributed by atoms with Crippen LogP contribution in [0, 0.1) is 18.2 Å². The zero-order valence-electron chi connectivity index (χ0n) is 18.1. The third-order valence-electron chi connectivity index (χ3n) is 6.27. The predicted octanol–water partition coefficient (Wildman–Crippen LogP) is 2.26. The number of hydrogen-bond acceptors (Lipinski definition) is 5. The molecule has 3 amide bonds. The molecule has 2 aliphatic rings. The summed E-state index contributed by atoms with van der Waals surface area (Å²) in [5.41, 5.74) is 7.08. The number of halogens is 1. The zero-order chi connectivity index (χ0) is 23.0. The molecule has 2 fully saturated rings. The zero-order valence-corrected chi connectivity index (χ0v) is 18.1. The Bertz CT molecular complexity index is 1070. The summed E-state index contributed by atoms with van der Waals surface area (Å²) >= 11 is 0. The van der Waals surface area contributed by atoms with Crippen LogP contribution in [0.2, 0.25) is 0 Å². The summed E-state index contributed by atoms with van der Waals surface area (Å²) in [7, 11) is 0. The maximum absolute atomic E-state index is 13.5. The van der Waals surface area contributed by atoms with Crippen LogP contribution in [0.4, 0.5) is 15.9 Å². The maximum atomic E-state index is 13.5. The van der Waals surface area contributed by atoms with E-state index in [9.17, 15) is 18.8 Å². The van der Waals surface area contributed by atoms with Crippen LogP contribution in [0.15, 0.2) is 36.5 Å². The van der Waals surface area contributed by atoms with Crippen LogP contribution in [-0.2, 0) is 14.4 Å². The Kier molecular flexibility index (Phi) is 5.58. The number of aromatic nitrogens is 1. The standard InChI is InChI=1S/C23H26FN5O3/c1-14-11-17(12-26-19(14)25)27-20(30)21(31)29-10-9-28(22(32)23(2)7-8-23)13-18(29)15-3-5-16(24)6-4-15/h3-6,11-12,18H,7-10,13H2,1-2H3,(H2,25,26)(H,27,30). The molecule has 9 heteroatoms. The molecule has 32 heavy (non-hydrogen) atoms. The average Bonchev–Trinajstić information content (AvgIpc) is 3.54. The van der Waals surface area contributed by atoms with Crippen LogP contribution >= 0.6 is 0 Å². The summed E-state index contributed by atoms with van der Waals surface area (Å²) in [4.78, 5) is 45.9. The van der Waals surface area contributed by atoms with Crippen molar-refractivity contribution in [3.63, 3.8) is 0 Å². The molecule has 168 valence electrons. The van der Waals surface area contributed by atoms with Crippen molar-refractivity contribution in [1.82, 2.24) is 14.8 Å². The lowest BCUT2D eigenvalue weighted by Gasteiger charge is -2.42. The van der Waals surface area contributed by atoms with Gasteiger partial charge in [0.25, 0.3) is 0 Å². The smallest absolute Gasteiger partial charge is 0.313 e. The Hall–Kier alpha value is -3.49. The van der Waals surface area contributed by atoms with Gasteiger partial charge in [0.2, 0.25) is 5.91 Å². The molecule has 0 bridgehead atoms. The molecule has 2 heterocycles. The van der Waals surface area contributed by atoms with Gasteiger partial charge >= 0.3 is 11.8 Å². The second-order valence-corrected chi connectivity index (χ2v) is 8.76. The first-order valence-corrected chi connectivity index (χ1v) is 10.6. The van der Waals surface area contributed by atoms with Crippen LogP contribution in [0.3, 0.4) is 0 Å². The number of nitrogens with zero attached hydrogens (tertiary/aromatic N) is 3. The van der Waals surface area contributed by atoms with Crippen molar-refractivity contribution in [3.8, 4) is 0 Å². The van der Waals surface area contributed by atoms with Gasteiger partial charge in [-0.1, -0.05) is 19.1 Å². The van der Waals surface area contributed by atoms with Gasteiger partial charge < -0.3 is 20.9 Å². The number of piperazine rings is 1. The highest BCUT2D eigenvalue weighted by Gasteiger charge is 2.48. The Morgan fingerprint density at radius 2 is 1.88 bits per heavy atom. The molecule has 4 rings (SSSR count). The second-order valence-electron chi connectivity index (χ2n) is 8.76. The van der Waals surface area contributed by atoms with Crippen LogP contribution in [0.1, 0.15) is 36.9 Å². The van der Waals surface area contributed by atoms with Crippen molar-refractivity contribution in [2.45, 2.75) is 32.7 Å². The summed E-state index contributed by atoms with van der Waals surface area (Å²) in [6.45, 7) is 4.49. The van der Waals surface area contributed by atoms with E-state index in [1.807, 2.05) is 6.92 Å². The minimum absolute atomic E-state index is 0.0598. The van der Waals surface area contributed by atoms with Gasteiger partial charge in [-0.05, 0) is 49.1 Å². The molecule has 1 unspecified atom stereocenters. The normalized spacial score (nSPS) is 19.4. The highest BCUT2D eigenvalue weighted by Crippen LogP contribution is 2.47. The van der Waals surface area contributed by atoms with Crippen molar-refractivity contribution in [2.24, 2.45) is 5.41 Å². The van der Waals surface area contributed by atoms with Crippen molar-refractivity contribution < 1.29 is 18.8 Å². The molecule has 2 aromatic rings. The summed E-state index contributed by atoms with van der Waals surface area (Å²) < 4.78 is 13.5. The highest BCUT2D eigenvalue weighted by atomic mass is 19.1. The third-order valence-corrected chi connectivity index (χ3v) is 6.27. The van der Waals surface area contributed by atoms with Crippen molar-refractivity contribution in [1.29, 1.82) is 0 Å². The number of hydrogen-bond donors (Lipinski definition) is 2. The van der Waals surface area contributed by atoms with Gasteiger partial charge in [-0.15, -0.1) is 0 Å². The van der Waals surface area contributed by atoms with E-state index in [1.165, 1.54) is 23.2 Å². The largest absolute Gasteiger partial charge is 0.383 e. The second kappa shape index (κ2) is 8.22.